The van der Waals surface area contributed by atoms with Crippen molar-refractivity contribution in [2.45, 2.75) is 25.7 Å². The van der Waals surface area contributed by atoms with E-state index in [0.29, 0.717) is 39.4 Å². The highest BCUT2D eigenvalue weighted by Crippen LogP contribution is 2.49. The Morgan fingerprint density at radius 3 is 2.27 bits per heavy atom. The van der Waals surface area contributed by atoms with Gasteiger partial charge in [-0.1, -0.05) is 6.07 Å². The van der Waals surface area contributed by atoms with Gasteiger partial charge < -0.3 is 38.5 Å². The summed E-state index contributed by atoms with van der Waals surface area (Å²) in [5.41, 5.74) is 2.23. The Bertz CT molecular complexity index is 1840. The van der Waals surface area contributed by atoms with Gasteiger partial charge in [-0.05, 0) is 66.6 Å². The maximum atomic E-state index is 13.9. The zero-order valence-corrected chi connectivity index (χ0v) is 26.9. The summed E-state index contributed by atoms with van der Waals surface area (Å²) in [5.74, 6) is -3.15. The van der Waals surface area contributed by atoms with Crippen LogP contribution in [0.3, 0.4) is 0 Å². The van der Waals surface area contributed by atoms with Gasteiger partial charge in [0, 0.05) is 17.6 Å². The number of fused-ring (bicyclic) bond motifs is 1. The van der Waals surface area contributed by atoms with Gasteiger partial charge in [-0.15, -0.1) is 0 Å². The molecule has 2 heterocycles. The van der Waals surface area contributed by atoms with Crippen molar-refractivity contribution in [2.24, 2.45) is 0 Å². The van der Waals surface area contributed by atoms with Crippen LogP contribution in [0, 0.1) is 0 Å². The number of halogens is 2. The first-order valence-electron chi connectivity index (χ1n) is 14.3. The lowest BCUT2D eigenvalue weighted by Gasteiger charge is -2.31. The molecule has 16 heteroatoms. The average molecular weight is 686 g/mol. The molecule has 252 valence electrons. The molecule has 5 rings (SSSR count). The van der Waals surface area contributed by atoms with Gasteiger partial charge in [0.05, 0.1) is 45.2 Å². The van der Waals surface area contributed by atoms with Gasteiger partial charge in [-0.3, -0.25) is 4.79 Å². The van der Waals surface area contributed by atoms with E-state index in [4.69, 9.17) is 28.4 Å². The van der Waals surface area contributed by atoms with Gasteiger partial charge in [0.25, 0.3) is 0 Å². The van der Waals surface area contributed by atoms with Gasteiger partial charge in [0.1, 0.15) is 23.3 Å². The predicted octanol–water partition coefficient (Wildman–Crippen LogP) is 5.01. The molecule has 1 amide bonds. The van der Waals surface area contributed by atoms with E-state index < -0.39 is 37.0 Å². The Kier molecular flexibility index (Phi) is 10.2. The summed E-state index contributed by atoms with van der Waals surface area (Å²) in [6.07, 6.45) is -1.25. The topological polar surface area (TPSA) is 154 Å². The highest BCUT2D eigenvalue weighted by molar-refractivity contribution is 7.00. The van der Waals surface area contributed by atoms with Gasteiger partial charge >= 0.3 is 30.4 Å². The summed E-state index contributed by atoms with van der Waals surface area (Å²) in [4.78, 5) is 39.3. The number of carbonyl (C=O) groups is 3. The lowest BCUT2D eigenvalue weighted by Crippen LogP contribution is -2.41. The first kappa shape index (κ1) is 33.8. The summed E-state index contributed by atoms with van der Waals surface area (Å²) in [7, 11) is 4.33. The summed E-state index contributed by atoms with van der Waals surface area (Å²) in [6.45, 7) is -1.97. The molecule has 1 atom stereocenters. The quantitative estimate of drug-likeness (QED) is 0.188. The normalized spacial score (nSPS) is 15.7. The van der Waals surface area contributed by atoms with E-state index in [1.165, 1.54) is 45.6 Å². The van der Waals surface area contributed by atoms with Crippen LogP contribution in [0.1, 0.15) is 23.6 Å². The Hall–Kier alpha value is -5.51. The monoisotopic (exact) mass is 685 g/mol. The maximum absolute atomic E-state index is 13.9. The molecule has 13 nitrogen and oxygen atoms in total. The van der Waals surface area contributed by atoms with E-state index in [9.17, 15) is 23.2 Å². The number of benzene rings is 3. The molecule has 48 heavy (non-hydrogen) atoms. The Labute approximate surface area is 276 Å². The Morgan fingerprint density at radius 2 is 1.65 bits per heavy atom. The third-order valence-corrected chi connectivity index (χ3v) is 7.72. The van der Waals surface area contributed by atoms with Gasteiger partial charge in [0.2, 0.25) is 5.75 Å². The van der Waals surface area contributed by atoms with Crippen LogP contribution < -0.4 is 24.3 Å². The number of methoxy groups -OCH3 is 3. The van der Waals surface area contributed by atoms with Crippen LogP contribution in [0.25, 0.3) is 16.6 Å². The van der Waals surface area contributed by atoms with Crippen molar-refractivity contribution in [1.82, 2.24) is 14.1 Å². The molecular formula is C32H29F2N3O10S. The molecule has 1 aliphatic heterocycles. The highest BCUT2D eigenvalue weighted by Gasteiger charge is 2.53. The smallest absolute Gasteiger partial charge is 0.411 e. The van der Waals surface area contributed by atoms with E-state index in [1.807, 2.05) is 0 Å². The molecule has 0 aliphatic carbocycles. The van der Waals surface area contributed by atoms with Gasteiger partial charge in [-0.2, -0.15) is 17.5 Å². The zero-order valence-electron chi connectivity index (χ0n) is 26.0. The second-order valence-electron chi connectivity index (χ2n) is 9.99. The molecule has 0 spiro atoms. The standard InChI is InChI=1S/C32H29F2N3O10S/c1-5-44-26(38)16-35-31(40)47-32(19-7-9-20(10-8-19)45-30(33)34)21(12-17-13-24(41-2)28(43-4)25(14-17)42-3)27(29(39)46-32)18-6-11-22-23(15-18)37-48-36-22/h6-11,13-15,30H,5,12,16H2,1-4H3,(H,35,40). The molecule has 1 aromatic heterocycles. The SMILES string of the molecule is CCOC(=O)CNC(=O)OC1(c2ccc(OC(F)F)cc2)OC(=O)C(c2ccc3nsnc3c2)=C1Cc1cc(OC)c(OC)c(OC)c1. The van der Waals surface area contributed by atoms with Crippen LogP contribution >= 0.6 is 11.7 Å². The van der Waals surface area contributed by atoms with Crippen molar-refractivity contribution in [1.29, 1.82) is 0 Å². The third-order valence-electron chi connectivity index (χ3n) is 7.17. The van der Waals surface area contributed by atoms with E-state index in [0.717, 1.165) is 11.7 Å². The van der Waals surface area contributed by atoms with Crippen LogP contribution in [0.5, 0.6) is 23.0 Å². The van der Waals surface area contributed by atoms with Crippen molar-refractivity contribution < 1.29 is 56.3 Å². The van der Waals surface area contributed by atoms with Gasteiger partial charge in [-0.25, -0.2) is 9.59 Å². The number of esters is 2. The molecule has 0 bridgehead atoms. The fraction of sp³-hybridized carbons (Fsp3) is 0.281. The molecule has 0 saturated carbocycles. The van der Waals surface area contributed by atoms with Crippen LogP contribution in [0.4, 0.5) is 13.6 Å². The first-order valence-corrected chi connectivity index (χ1v) is 15.0. The summed E-state index contributed by atoms with van der Waals surface area (Å²) < 4.78 is 72.2. The van der Waals surface area contributed by atoms with Crippen molar-refractivity contribution in [3.63, 3.8) is 0 Å². The minimum Gasteiger partial charge on any atom is -0.493 e. The first-order chi connectivity index (χ1) is 23.1. The molecule has 0 radical (unpaired) electrons. The molecular weight excluding hydrogens is 656 g/mol. The molecule has 0 fully saturated rings. The third kappa shape index (κ3) is 6.92. The van der Waals surface area contributed by atoms with Crippen LogP contribution in [-0.2, 0) is 36.0 Å². The number of cyclic esters (lactones) is 1. The predicted molar refractivity (Wildman–Crippen MR) is 166 cm³/mol. The van der Waals surface area contributed by atoms with Crippen molar-refractivity contribution in [3.05, 3.63) is 76.9 Å². The number of alkyl carbamates (subject to hydrolysis) is 1. The summed E-state index contributed by atoms with van der Waals surface area (Å²) in [6, 6.07) is 13.3. The number of carbonyl (C=O) groups excluding carboxylic acids is 3. The Balaban J connectivity index is 1.72. The van der Waals surface area contributed by atoms with E-state index >= 15 is 0 Å². The lowest BCUT2D eigenvalue weighted by atomic mass is 9.87. The number of nitrogens with zero attached hydrogens (tertiary/aromatic N) is 2. The number of hydrogen-bond acceptors (Lipinski definition) is 13. The summed E-state index contributed by atoms with van der Waals surface area (Å²) in [5, 5.41) is 2.31. The van der Waals surface area contributed by atoms with Gasteiger partial charge in [0.15, 0.2) is 11.5 Å². The van der Waals surface area contributed by atoms with Crippen molar-refractivity contribution >= 4 is 46.4 Å². The fourth-order valence-electron chi connectivity index (χ4n) is 5.16. The minimum atomic E-state index is -3.10. The fourth-order valence-corrected chi connectivity index (χ4v) is 5.68. The summed E-state index contributed by atoms with van der Waals surface area (Å²) >= 11 is 0.989. The number of alkyl halides is 2. The zero-order chi connectivity index (χ0) is 34.4. The molecule has 4 aromatic rings. The minimum absolute atomic E-state index is 0.0322. The number of rotatable bonds is 13. The molecule has 1 unspecified atom stereocenters. The average Bonchev–Trinajstić information content (AvgIpc) is 3.65. The van der Waals surface area contributed by atoms with Crippen molar-refractivity contribution in [2.75, 3.05) is 34.5 Å². The molecule has 0 saturated heterocycles. The highest BCUT2D eigenvalue weighted by atomic mass is 32.1. The molecule has 3 aromatic carbocycles. The van der Waals surface area contributed by atoms with Crippen LogP contribution in [-0.4, -0.2) is 67.9 Å². The van der Waals surface area contributed by atoms with E-state index in [1.54, 1.807) is 37.3 Å². The van der Waals surface area contributed by atoms with Crippen molar-refractivity contribution in [3.8, 4) is 23.0 Å². The second-order valence-corrected chi connectivity index (χ2v) is 10.5. The lowest BCUT2D eigenvalue weighted by molar-refractivity contribution is -0.185. The second kappa shape index (κ2) is 14.5. The van der Waals surface area contributed by atoms with E-state index in [-0.39, 0.29) is 35.5 Å². The molecule has 1 aliphatic rings. The Morgan fingerprint density at radius 1 is 0.958 bits per heavy atom. The van der Waals surface area contributed by atoms with E-state index in [2.05, 4.69) is 18.8 Å². The largest absolute Gasteiger partial charge is 0.493 e. The number of aromatic nitrogens is 2. The number of amides is 1. The molecule has 1 N–H and O–H groups in total. The number of ether oxygens (including phenoxy) is 7. The maximum Gasteiger partial charge on any atom is 0.411 e. The van der Waals surface area contributed by atoms with Crippen LogP contribution in [0.2, 0.25) is 0 Å². The van der Waals surface area contributed by atoms with Crippen LogP contribution in [0.15, 0.2) is 60.2 Å². The number of nitrogens with one attached hydrogen (secondary N) is 1. The number of hydrogen-bond donors (Lipinski definition) is 1.